The highest BCUT2D eigenvalue weighted by Gasteiger charge is 2.40. The van der Waals surface area contributed by atoms with E-state index in [9.17, 15) is 9.59 Å². The average Bonchev–Trinajstić information content (AvgIpc) is 2.93. The van der Waals surface area contributed by atoms with Crippen molar-refractivity contribution in [3.63, 3.8) is 0 Å². The van der Waals surface area contributed by atoms with Gasteiger partial charge in [0.1, 0.15) is 0 Å². The molecule has 0 radical (unpaired) electrons. The summed E-state index contributed by atoms with van der Waals surface area (Å²) in [5.41, 5.74) is 3.99. The predicted molar refractivity (Wildman–Crippen MR) is 103 cm³/mol. The molecule has 3 nitrogen and oxygen atoms in total. The maximum absolute atomic E-state index is 13.3. The van der Waals surface area contributed by atoms with Crippen LogP contribution >= 0.6 is 0 Å². The molecule has 0 N–H and O–H groups in total. The molecule has 1 aliphatic heterocycles. The molecule has 3 aromatic rings. The number of carbonyl (C=O) groups is 2. The molecule has 26 heavy (non-hydrogen) atoms. The second-order valence-corrected chi connectivity index (χ2v) is 6.27. The molecule has 0 aromatic heterocycles. The van der Waals surface area contributed by atoms with Crippen molar-refractivity contribution in [3.05, 3.63) is 102 Å². The summed E-state index contributed by atoms with van der Waals surface area (Å²) in [6.07, 6.45) is 0. The Balaban J connectivity index is 1.92. The van der Waals surface area contributed by atoms with Gasteiger partial charge in [0.25, 0.3) is 11.8 Å². The molecule has 0 saturated carbocycles. The fraction of sp³-hybridized carbons (Fsp3) is 0.0435. The highest BCUT2D eigenvalue weighted by atomic mass is 16.2. The number of imide groups is 1. The van der Waals surface area contributed by atoms with Gasteiger partial charge in [-0.3, -0.25) is 9.59 Å². The lowest BCUT2D eigenvalue weighted by Crippen LogP contribution is -2.31. The highest BCUT2D eigenvalue weighted by molar-refractivity contribution is 6.56. The third kappa shape index (κ3) is 2.64. The predicted octanol–water partition coefficient (Wildman–Crippen LogP) is 4.48. The standard InChI is InChI=1S/C23H17NO2/c1-16-9-8-14-19(15-16)24-22(25)20(17-10-4-2-5-11-17)21(23(24)26)18-12-6-3-7-13-18/h2-15H,1H3. The molecule has 3 heteroatoms. The molecule has 2 amide bonds. The molecule has 1 aliphatic rings. The molecule has 3 aromatic carbocycles. The second-order valence-electron chi connectivity index (χ2n) is 6.27. The van der Waals surface area contributed by atoms with Gasteiger partial charge in [-0.15, -0.1) is 0 Å². The summed E-state index contributed by atoms with van der Waals surface area (Å²) < 4.78 is 0. The minimum atomic E-state index is -0.286. The second kappa shape index (κ2) is 6.45. The highest BCUT2D eigenvalue weighted by Crippen LogP contribution is 2.38. The summed E-state index contributed by atoms with van der Waals surface area (Å²) in [4.78, 5) is 27.8. The van der Waals surface area contributed by atoms with E-state index in [1.807, 2.05) is 85.8 Å². The molecule has 0 saturated heterocycles. The van der Waals surface area contributed by atoms with Gasteiger partial charge in [-0.1, -0.05) is 72.8 Å². The van der Waals surface area contributed by atoms with E-state index >= 15 is 0 Å². The largest absolute Gasteiger partial charge is 0.268 e. The van der Waals surface area contributed by atoms with Crippen LogP contribution in [0.2, 0.25) is 0 Å². The van der Waals surface area contributed by atoms with E-state index in [-0.39, 0.29) is 11.8 Å². The van der Waals surface area contributed by atoms with Crippen molar-refractivity contribution < 1.29 is 9.59 Å². The fourth-order valence-corrected chi connectivity index (χ4v) is 3.28. The molecule has 0 fully saturated rings. The van der Waals surface area contributed by atoms with Gasteiger partial charge in [-0.05, 0) is 35.7 Å². The average molecular weight is 339 g/mol. The van der Waals surface area contributed by atoms with Crippen molar-refractivity contribution in [3.8, 4) is 0 Å². The number of benzene rings is 3. The van der Waals surface area contributed by atoms with E-state index < -0.39 is 0 Å². The SMILES string of the molecule is Cc1cccc(N2C(=O)C(c3ccccc3)=C(c3ccccc3)C2=O)c1. The molecule has 0 aliphatic carbocycles. The van der Waals surface area contributed by atoms with Crippen molar-refractivity contribution in [2.75, 3.05) is 4.90 Å². The minimum Gasteiger partial charge on any atom is -0.268 e. The maximum Gasteiger partial charge on any atom is 0.266 e. The zero-order valence-corrected chi connectivity index (χ0v) is 14.3. The lowest BCUT2D eigenvalue weighted by Gasteiger charge is -2.16. The summed E-state index contributed by atoms with van der Waals surface area (Å²) in [5, 5.41) is 0. The van der Waals surface area contributed by atoms with Crippen LogP contribution in [0.4, 0.5) is 5.69 Å². The molecule has 0 spiro atoms. The summed E-state index contributed by atoms with van der Waals surface area (Å²) in [5.74, 6) is -0.573. The van der Waals surface area contributed by atoms with E-state index in [4.69, 9.17) is 0 Å². The Hall–Kier alpha value is -3.46. The summed E-state index contributed by atoms with van der Waals surface area (Å²) in [6.45, 7) is 1.94. The third-order valence-electron chi connectivity index (χ3n) is 4.47. The minimum absolute atomic E-state index is 0.286. The molecular formula is C23H17NO2. The Kier molecular flexibility index (Phi) is 3.98. The number of anilines is 1. The Morgan fingerprint density at radius 3 is 1.58 bits per heavy atom. The first-order valence-corrected chi connectivity index (χ1v) is 8.47. The van der Waals surface area contributed by atoms with Crippen LogP contribution in [0.15, 0.2) is 84.9 Å². The van der Waals surface area contributed by atoms with Crippen LogP contribution in [0.5, 0.6) is 0 Å². The summed E-state index contributed by atoms with van der Waals surface area (Å²) >= 11 is 0. The van der Waals surface area contributed by atoms with Gasteiger partial charge in [0, 0.05) is 0 Å². The van der Waals surface area contributed by atoms with Gasteiger partial charge in [0.2, 0.25) is 0 Å². The molecule has 1 heterocycles. The quantitative estimate of drug-likeness (QED) is 0.660. The zero-order valence-electron chi connectivity index (χ0n) is 14.3. The van der Waals surface area contributed by atoms with E-state index in [1.165, 1.54) is 4.90 Å². The first kappa shape index (κ1) is 16.0. The Bertz CT molecular complexity index is 959. The topological polar surface area (TPSA) is 37.4 Å². The van der Waals surface area contributed by atoms with E-state index in [2.05, 4.69) is 0 Å². The van der Waals surface area contributed by atoms with Crippen molar-refractivity contribution >= 4 is 28.6 Å². The van der Waals surface area contributed by atoms with Crippen LogP contribution < -0.4 is 4.90 Å². The van der Waals surface area contributed by atoms with Gasteiger partial charge in [-0.2, -0.15) is 0 Å². The Morgan fingerprint density at radius 2 is 1.12 bits per heavy atom. The first-order valence-electron chi connectivity index (χ1n) is 8.47. The number of hydrogen-bond acceptors (Lipinski definition) is 2. The van der Waals surface area contributed by atoms with Crippen molar-refractivity contribution in [1.82, 2.24) is 0 Å². The van der Waals surface area contributed by atoms with Gasteiger partial charge in [0.15, 0.2) is 0 Å². The number of aryl methyl sites for hydroxylation is 1. The number of carbonyl (C=O) groups excluding carboxylic acids is 2. The maximum atomic E-state index is 13.3. The smallest absolute Gasteiger partial charge is 0.266 e. The molecule has 0 unspecified atom stereocenters. The molecule has 126 valence electrons. The van der Waals surface area contributed by atoms with Crippen LogP contribution in [0.1, 0.15) is 16.7 Å². The number of rotatable bonds is 3. The van der Waals surface area contributed by atoms with Crippen LogP contribution in [-0.4, -0.2) is 11.8 Å². The molecular weight excluding hydrogens is 322 g/mol. The molecule has 0 atom stereocenters. The van der Waals surface area contributed by atoms with E-state index in [1.54, 1.807) is 6.07 Å². The Morgan fingerprint density at radius 1 is 0.615 bits per heavy atom. The van der Waals surface area contributed by atoms with Crippen molar-refractivity contribution in [2.45, 2.75) is 6.92 Å². The van der Waals surface area contributed by atoms with Gasteiger partial charge >= 0.3 is 0 Å². The normalized spacial score (nSPS) is 14.3. The van der Waals surface area contributed by atoms with E-state index in [0.29, 0.717) is 16.8 Å². The van der Waals surface area contributed by atoms with Gasteiger partial charge < -0.3 is 0 Å². The zero-order chi connectivity index (χ0) is 18.1. The van der Waals surface area contributed by atoms with Gasteiger partial charge in [0.05, 0.1) is 16.8 Å². The monoisotopic (exact) mass is 339 g/mol. The van der Waals surface area contributed by atoms with E-state index in [0.717, 1.165) is 16.7 Å². The lowest BCUT2D eigenvalue weighted by molar-refractivity contribution is -0.119. The lowest BCUT2D eigenvalue weighted by atomic mass is 9.96. The van der Waals surface area contributed by atoms with Gasteiger partial charge in [-0.25, -0.2) is 4.90 Å². The Labute approximate surface area is 152 Å². The number of hydrogen-bond donors (Lipinski definition) is 0. The van der Waals surface area contributed by atoms with Crippen LogP contribution in [-0.2, 0) is 9.59 Å². The molecule has 4 rings (SSSR count). The molecule has 0 bridgehead atoms. The van der Waals surface area contributed by atoms with Crippen LogP contribution in [0.25, 0.3) is 11.1 Å². The van der Waals surface area contributed by atoms with Crippen LogP contribution in [0, 0.1) is 6.92 Å². The third-order valence-corrected chi connectivity index (χ3v) is 4.47. The summed E-state index contributed by atoms with van der Waals surface area (Å²) in [6, 6.07) is 26.2. The summed E-state index contributed by atoms with van der Waals surface area (Å²) in [7, 11) is 0. The van der Waals surface area contributed by atoms with Crippen LogP contribution in [0.3, 0.4) is 0 Å². The van der Waals surface area contributed by atoms with Crippen molar-refractivity contribution in [1.29, 1.82) is 0 Å². The first-order chi connectivity index (χ1) is 12.7. The van der Waals surface area contributed by atoms with Crippen molar-refractivity contribution in [2.24, 2.45) is 0 Å². The number of amides is 2. The number of nitrogens with zero attached hydrogens (tertiary/aromatic N) is 1. The fourth-order valence-electron chi connectivity index (χ4n) is 3.28.